The van der Waals surface area contributed by atoms with Gasteiger partial charge in [-0.15, -0.1) is 11.8 Å². The van der Waals surface area contributed by atoms with Crippen LogP contribution in [-0.4, -0.2) is 88.9 Å². The van der Waals surface area contributed by atoms with E-state index >= 15 is 0 Å². The molecule has 0 unspecified atom stereocenters. The number of carbonyl (C=O) groups excluding carboxylic acids is 1. The lowest BCUT2D eigenvalue weighted by molar-refractivity contribution is -0.0435. The molecule has 17 heteroatoms. The van der Waals surface area contributed by atoms with Gasteiger partial charge in [0.05, 0.1) is 10.6 Å². The molecule has 7 rings (SSSR count). The minimum atomic E-state index is -6.08. The molecule has 2 aliphatic heterocycles. The highest BCUT2D eigenvalue weighted by Gasteiger charge is 2.48. The standard InChI is InChI=1S/C48H52ClF3N4O6S3/c49-38-17-13-35(14-18-38)44-12-5-4-8-37(44)30-34-23-27-56(28-24-34)40-19-15-36(16-20-40)47(58)54-65(61,62)43-21-22-45(46(32-43)64(59,60)48(50,51)52)53-39(33-63-42-10-2-1-3-11-42)31-41-9-6-25-55(41)26-7-29-57/h1-5,8,10-22,32,34,39,41,53,57H,6-7,9,23-31,33H2,(H,54,58)/t39-,41-/m1/s1. The first-order valence-corrected chi connectivity index (χ1v) is 25.9. The minimum Gasteiger partial charge on any atom is -0.396 e. The predicted octanol–water partition coefficient (Wildman–Crippen LogP) is 9.69. The third-order valence-corrected chi connectivity index (χ3v) is 16.4. The summed E-state index contributed by atoms with van der Waals surface area (Å²) < 4.78 is 98.1. The molecule has 5 aromatic carbocycles. The number of halogens is 4. The molecule has 0 saturated carbocycles. The predicted molar refractivity (Wildman–Crippen MR) is 252 cm³/mol. The Labute approximate surface area is 388 Å². The molecule has 0 aliphatic carbocycles. The number of alkyl halides is 3. The van der Waals surface area contributed by atoms with E-state index in [4.69, 9.17) is 11.6 Å². The van der Waals surface area contributed by atoms with Crippen molar-refractivity contribution in [2.45, 2.75) is 77.2 Å². The number of carbonyl (C=O) groups is 1. The van der Waals surface area contributed by atoms with Crippen molar-refractivity contribution in [1.82, 2.24) is 9.62 Å². The number of likely N-dealkylation sites (tertiary alicyclic amines) is 1. The number of sulfone groups is 1. The number of benzene rings is 5. The molecule has 1 amide bonds. The van der Waals surface area contributed by atoms with Crippen molar-refractivity contribution in [3.8, 4) is 11.1 Å². The van der Waals surface area contributed by atoms with Gasteiger partial charge in [-0.3, -0.25) is 4.79 Å². The molecular formula is C48H52ClF3N4O6S3. The molecule has 0 spiro atoms. The summed E-state index contributed by atoms with van der Waals surface area (Å²) in [6, 6.07) is 33.9. The van der Waals surface area contributed by atoms with Crippen LogP contribution in [0, 0.1) is 5.92 Å². The average Bonchev–Trinajstić information content (AvgIpc) is 3.74. The third kappa shape index (κ3) is 12.3. The number of hydrogen-bond donors (Lipinski definition) is 3. The summed E-state index contributed by atoms with van der Waals surface area (Å²) in [4.78, 5) is 16.6. The Kier molecular flexibility index (Phi) is 15.9. The highest BCUT2D eigenvalue weighted by atomic mass is 35.5. The van der Waals surface area contributed by atoms with Gasteiger partial charge < -0.3 is 20.2 Å². The summed E-state index contributed by atoms with van der Waals surface area (Å²) in [7, 11) is -10.9. The van der Waals surface area contributed by atoms with Crippen LogP contribution in [0.1, 0.15) is 54.4 Å². The largest absolute Gasteiger partial charge is 0.501 e. The van der Waals surface area contributed by atoms with Crippen molar-refractivity contribution in [1.29, 1.82) is 0 Å². The van der Waals surface area contributed by atoms with E-state index in [2.05, 4.69) is 27.2 Å². The molecule has 2 aliphatic rings. The van der Waals surface area contributed by atoms with E-state index in [1.807, 2.05) is 71.5 Å². The van der Waals surface area contributed by atoms with E-state index in [0.29, 0.717) is 42.1 Å². The van der Waals surface area contributed by atoms with Gasteiger partial charge >= 0.3 is 5.51 Å². The fourth-order valence-electron chi connectivity index (χ4n) is 8.68. The zero-order valence-electron chi connectivity index (χ0n) is 35.6. The number of sulfonamides is 1. The van der Waals surface area contributed by atoms with Gasteiger partial charge in [0.25, 0.3) is 25.8 Å². The number of anilines is 2. The van der Waals surface area contributed by atoms with Crippen LogP contribution in [0.5, 0.6) is 0 Å². The summed E-state index contributed by atoms with van der Waals surface area (Å²) in [6.45, 7) is 3.00. The second-order valence-corrected chi connectivity index (χ2v) is 21.6. The van der Waals surface area contributed by atoms with Crippen LogP contribution in [0.2, 0.25) is 5.02 Å². The number of rotatable bonds is 18. The maximum Gasteiger partial charge on any atom is 0.501 e. The fraction of sp³-hybridized carbons (Fsp3) is 0.354. The highest BCUT2D eigenvalue weighted by Crippen LogP contribution is 2.38. The fourth-order valence-corrected chi connectivity index (χ4v) is 11.8. The summed E-state index contributed by atoms with van der Waals surface area (Å²) in [6.07, 6.45) is 5.51. The van der Waals surface area contributed by atoms with Crippen molar-refractivity contribution >= 4 is 60.5 Å². The number of thioether (sulfide) groups is 1. The lowest BCUT2D eigenvalue weighted by Gasteiger charge is -2.34. The van der Waals surface area contributed by atoms with Gasteiger partial charge in [0.2, 0.25) is 0 Å². The number of nitrogens with zero attached hydrogens (tertiary/aromatic N) is 2. The number of aliphatic hydroxyl groups excluding tert-OH is 1. The Morgan fingerprint density at radius 3 is 2.23 bits per heavy atom. The molecule has 2 fully saturated rings. The van der Waals surface area contributed by atoms with E-state index in [1.165, 1.54) is 35.0 Å². The number of aliphatic hydroxyl groups is 1. The number of nitrogens with one attached hydrogen (secondary N) is 2. The van der Waals surface area contributed by atoms with Gasteiger partial charge in [0, 0.05) is 65.2 Å². The second kappa shape index (κ2) is 21.4. The van der Waals surface area contributed by atoms with Crippen molar-refractivity contribution in [3.63, 3.8) is 0 Å². The minimum absolute atomic E-state index is 0.00820. The number of amides is 1. The van der Waals surface area contributed by atoms with Crippen molar-refractivity contribution in [2.24, 2.45) is 5.92 Å². The van der Waals surface area contributed by atoms with E-state index in [1.54, 1.807) is 12.1 Å². The molecule has 346 valence electrons. The molecule has 0 radical (unpaired) electrons. The van der Waals surface area contributed by atoms with Crippen LogP contribution in [-0.2, 0) is 26.3 Å². The van der Waals surface area contributed by atoms with Gasteiger partial charge in [-0.05, 0) is 141 Å². The molecule has 10 nitrogen and oxygen atoms in total. The van der Waals surface area contributed by atoms with Gasteiger partial charge in [-0.25, -0.2) is 21.6 Å². The Morgan fingerprint density at radius 1 is 0.846 bits per heavy atom. The van der Waals surface area contributed by atoms with Crippen molar-refractivity contribution < 1.29 is 39.9 Å². The van der Waals surface area contributed by atoms with Gasteiger partial charge in [-0.2, -0.15) is 13.2 Å². The van der Waals surface area contributed by atoms with E-state index in [9.17, 15) is 39.9 Å². The van der Waals surface area contributed by atoms with E-state index in [-0.39, 0.29) is 18.2 Å². The average molecular weight is 970 g/mol. The topological polar surface area (TPSA) is 136 Å². The van der Waals surface area contributed by atoms with Gasteiger partial charge in [0.15, 0.2) is 0 Å². The maximum absolute atomic E-state index is 14.2. The Bertz CT molecular complexity index is 2620. The van der Waals surface area contributed by atoms with Crippen LogP contribution in [0.15, 0.2) is 136 Å². The molecule has 0 aromatic heterocycles. The van der Waals surface area contributed by atoms with Crippen LogP contribution in [0.25, 0.3) is 11.1 Å². The summed E-state index contributed by atoms with van der Waals surface area (Å²) in [5.41, 5.74) is -1.76. The summed E-state index contributed by atoms with van der Waals surface area (Å²) >= 11 is 7.57. The molecule has 5 aromatic rings. The molecule has 2 saturated heterocycles. The maximum atomic E-state index is 14.2. The molecule has 2 heterocycles. The Hall–Kier alpha value is -4.58. The van der Waals surface area contributed by atoms with Crippen LogP contribution >= 0.6 is 23.4 Å². The zero-order chi connectivity index (χ0) is 46.2. The lowest BCUT2D eigenvalue weighted by Crippen LogP contribution is -2.37. The van der Waals surface area contributed by atoms with Crippen LogP contribution in [0.3, 0.4) is 0 Å². The normalized spacial score (nSPS) is 16.9. The first kappa shape index (κ1) is 48.4. The van der Waals surface area contributed by atoms with Crippen molar-refractivity contribution in [3.05, 3.63) is 137 Å². The molecular weight excluding hydrogens is 917 g/mol. The highest BCUT2D eigenvalue weighted by molar-refractivity contribution is 7.99. The van der Waals surface area contributed by atoms with Crippen molar-refractivity contribution in [2.75, 3.05) is 48.8 Å². The summed E-state index contributed by atoms with van der Waals surface area (Å²) in [5.74, 6) is -0.219. The first-order valence-electron chi connectivity index (χ1n) is 21.6. The quantitative estimate of drug-likeness (QED) is 0.0729. The van der Waals surface area contributed by atoms with Gasteiger partial charge in [-0.1, -0.05) is 66.2 Å². The van der Waals surface area contributed by atoms with Gasteiger partial charge in [0.1, 0.15) is 4.90 Å². The molecule has 3 N–H and O–H groups in total. The van der Waals surface area contributed by atoms with E-state index < -0.39 is 52.8 Å². The summed E-state index contributed by atoms with van der Waals surface area (Å²) in [5, 5.41) is 13.1. The van der Waals surface area contributed by atoms with Crippen LogP contribution in [0.4, 0.5) is 24.5 Å². The first-order chi connectivity index (χ1) is 31.1. The number of hydrogen-bond acceptors (Lipinski definition) is 10. The second-order valence-electron chi connectivity index (χ2n) is 16.5. The number of piperidine rings is 1. The smallest absolute Gasteiger partial charge is 0.396 e. The Morgan fingerprint density at radius 2 is 1.54 bits per heavy atom. The monoisotopic (exact) mass is 968 g/mol. The SMILES string of the molecule is O=C(NS(=O)(=O)c1ccc(N[C@@H](CSc2ccccc2)C[C@H]2CCCN2CCCO)c(S(=O)(=O)C(F)(F)F)c1)c1ccc(N2CCC(Cc3ccccc3-c3ccc(Cl)cc3)CC2)cc1. The van der Waals surface area contributed by atoms with E-state index in [0.717, 1.165) is 80.0 Å². The molecule has 2 atom stereocenters. The zero-order valence-corrected chi connectivity index (χ0v) is 38.8. The lowest BCUT2D eigenvalue weighted by atomic mass is 9.87. The molecule has 65 heavy (non-hydrogen) atoms. The third-order valence-electron chi connectivity index (χ3n) is 12.1. The Balaban J connectivity index is 1.03. The molecule has 0 bridgehead atoms. The van der Waals surface area contributed by atoms with Crippen LogP contribution < -0.4 is 14.9 Å².